The molecule has 1 fully saturated rings. The predicted molar refractivity (Wildman–Crippen MR) is 135 cm³/mol. The summed E-state index contributed by atoms with van der Waals surface area (Å²) in [6.07, 6.45) is 2.30. The number of urea groups is 1. The third-order valence-corrected chi connectivity index (χ3v) is 5.85. The molecule has 0 aromatic heterocycles. The van der Waals surface area contributed by atoms with Crippen LogP contribution in [0.3, 0.4) is 0 Å². The van der Waals surface area contributed by atoms with Gasteiger partial charge in [-0.25, -0.2) is 9.69 Å². The van der Waals surface area contributed by atoms with Crippen molar-refractivity contribution < 1.29 is 19.1 Å². The number of nitrogens with zero attached hydrogens (tertiary/aromatic N) is 1. The molecule has 0 spiro atoms. The van der Waals surface area contributed by atoms with E-state index in [1.165, 1.54) is 0 Å². The van der Waals surface area contributed by atoms with Crippen molar-refractivity contribution in [1.29, 1.82) is 0 Å². The number of benzene rings is 3. The molecule has 1 aliphatic rings. The molecule has 0 unspecified atom stereocenters. The van der Waals surface area contributed by atoms with E-state index in [4.69, 9.17) is 16.3 Å². The lowest BCUT2D eigenvalue weighted by atomic mass is 10.1. The molecule has 7 nitrogen and oxygen atoms in total. The van der Waals surface area contributed by atoms with Crippen LogP contribution in [0.25, 0.3) is 6.08 Å². The fourth-order valence-corrected chi connectivity index (χ4v) is 3.79. The topological polar surface area (TPSA) is 87.7 Å². The van der Waals surface area contributed by atoms with Gasteiger partial charge in [0, 0.05) is 16.3 Å². The molecule has 1 aliphatic heterocycles. The van der Waals surface area contributed by atoms with Crippen LogP contribution in [0.1, 0.15) is 23.6 Å². The van der Waals surface area contributed by atoms with E-state index in [0.717, 1.165) is 22.4 Å². The molecule has 0 aliphatic carbocycles. The van der Waals surface area contributed by atoms with Gasteiger partial charge in [0.1, 0.15) is 24.6 Å². The summed E-state index contributed by atoms with van der Waals surface area (Å²) in [5.41, 5.74) is 3.31. The third-order valence-electron chi connectivity index (χ3n) is 5.48. The van der Waals surface area contributed by atoms with Gasteiger partial charge in [0.25, 0.3) is 5.91 Å². The van der Waals surface area contributed by atoms with Gasteiger partial charge < -0.3 is 15.4 Å². The number of anilines is 1. The van der Waals surface area contributed by atoms with Gasteiger partial charge in [-0.2, -0.15) is 0 Å². The van der Waals surface area contributed by atoms with Crippen LogP contribution in [0.15, 0.2) is 78.5 Å². The second-order valence-corrected chi connectivity index (χ2v) is 8.29. The minimum Gasteiger partial charge on any atom is -0.489 e. The van der Waals surface area contributed by atoms with Crippen molar-refractivity contribution in [3.63, 3.8) is 0 Å². The largest absolute Gasteiger partial charge is 0.489 e. The summed E-state index contributed by atoms with van der Waals surface area (Å²) in [4.78, 5) is 38.5. The zero-order chi connectivity index (χ0) is 24.8. The van der Waals surface area contributed by atoms with Crippen LogP contribution >= 0.6 is 11.6 Å². The quantitative estimate of drug-likeness (QED) is 0.344. The van der Waals surface area contributed by atoms with Gasteiger partial charge in [-0.1, -0.05) is 67.1 Å². The number of halogens is 1. The first kappa shape index (κ1) is 24.0. The smallest absolute Gasteiger partial charge is 0.329 e. The molecule has 0 atom stereocenters. The van der Waals surface area contributed by atoms with Crippen molar-refractivity contribution >= 4 is 41.2 Å². The van der Waals surface area contributed by atoms with Gasteiger partial charge in [-0.05, 0) is 47.9 Å². The predicted octanol–water partition coefficient (Wildman–Crippen LogP) is 5.01. The van der Waals surface area contributed by atoms with E-state index in [9.17, 15) is 14.4 Å². The molecule has 4 rings (SSSR count). The molecule has 35 heavy (non-hydrogen) atoms. The Morgan fingerprint density at radius 3 is 2.40 bits per heavy atom. The van der Waals surface area contributed by atoms with E-state index in [-0.39, 0.29) is 12.2 Å². The van der Waals surface area contributed by atoms with Crippen LogP contribution < -0.4 is 15.4 Å². The lowest BCUT2D eigenvalue weighted by Gasteiger charge is -2.13. The van der Waals surface area contributed by atoms with Gasteiger partial charge in [0.2, 0.25) is 5.91 Å². The first-order valence-electron chi connectivity index (χ1n) is 11.1. The van der Waals surface area contributed by atoms with Crippen molar-refractivity contribution in [2.75, 3.05) is 11.9 Å². The summed E-state index contributed by atoms with van der Waals surface area (Å²) in [7, 11) is 0. The van der Waals surface area contributed by atoms with E-state index in [1.807, 2.05) is 43.3 Å². The highest BCUT2D eigenvalue weighted by Crippen LogP contribution is 2.21. The molecular formula is C27H24ClN3O4. The summed E-state index contributed by atoms with van der Waals surface area (Å²) in [5, 5.41) is 5.94. The van der Waals surface area contributed by atoms with E-state index in [1.54, 1.807) is 42.5 Å². The maximum Gasteiger partial charge on any atom is 0.329 e. The van der Waals surface area contributed by atoms with Crippen molar-refractivity contribution in [2.24, 2.45) is 0 Å². The fraction of sp³-hybridized carbons (Fsp3) is 0.148. The van der Waals surface area contributed by atoms with Gasteiger partial charge >= 0.3 is 6.03 Å². The van der Waals surface area contributed by atoms with Crippen LogP contribution in [0.2, 0.25) is 5.02 Å². The number of hydrogen-bond acceptors (Lipinski definition) is 4. The van der Waals surface area contributed by atoms with E-state index < -0.39 is 17.8 Å². The molecule has 1 heterocycles. The molecule has 3 aromatic rings. The first-order chi connectivity index (χ1) is 16.9. The Balaban J connectivity index is 1.37. The first-order valence-corrected chi connectivity index (χ1v) is 11.5. The summed E-state index contributed by atoms with van der Waals surface area (Å²) in [6, 6.07) is 21.3. The number of hydrogen-bond donors (Lipinski definition) is 2. The van der Waals surface area contributed by atoms with Gasteiger partial charge in [-0.3, -0.25) is 9.59 Å². The van der Waals surface area contributed by atoms with Crippen LogP contribution in [0, 0.1) is 0 Å². The Hall–Kier alpha value is -4.10. The monoisotopic (exact) mass is 489 g/mol. The van der Waals surface area contributed by atoms with Crippen molar-refractivity contribution in [3.05, 3.63) is 100 Å². The number of carbonyl (C=O) groups is 3. The fourth-order valence-electron chi connectivity index (χ4n) is 3.60. The Morgan fingerprint density at radius 2 is 1.69 bits per heavy atom. The second kappa shape index (κ2) is 10.9. The number of nitrogens with one attached hydrogen (secondary N) is 2. The van der Waals surface area contributed by atoms with E-state index in [2.05, 4.69) is 10.6 Å². The molecule has 1 saturated heterocycles. The average Bonchev–Trinajstić information content (AvgIpc) is 3.12. The van der Waals surface area contributed by atoms with Crippen molar-refractivity contribution in [2.45, 2.75) is 20.0 Å². The van der Waals surface area contributed by atoms with Crippen LogP contribution in [0.5, 0.6) is 5.75 Å². The van der Waals surface area contributed by atoms with Gasteiger partial charge in [-0.15, -0.1) is 0 Å². The number of amides is 4. The van der Waals surface area contributed by atoms with Crippen molar-refractivity contribution in [3.8, 4) is 5.75 Å². The van der Waals surface area contributed by atoms with E-state index in [0.29, 0.717) is 28.6 Å². The number of para-hydroxylation sites is 1. The van der Waals surface area contributed by atoms with Crippen molar-refractivity contribution in [1.82, 2.24) is 10.2 Å². The number of carbonyl (C=O) groups excluding carboxylic acids is 3. The van der Waals surface area contributed by atoms with E-state index >= 15 is 0 Å². The molecule has 0 saturated carbocycles. The van der Waals surface area contributed by atoms with Gasteiger partial charge in [0.05, 0.1) is 0 Å². The lowest BCUT2D eigenvalue weighted by molar-refractivity contribution is -0.127. The molecule has 4 amide bonds. The van der Waals surface area contributed by atoms with Crippen LogP contribution in [-0.4, -0.2) is 29.3 Å². The zero-order valence-electron chi connectivity index (χ0n) is 19.1. The molecule has 0 bridgehead atoms. The lowest BCUT2D eigenvalue weighted by Crippen LogP contribution is -2.38. The average molecular weight is 490 g/mol. The third kappa shape index (κ3) is 5.88. The number of imide groups is 1. The van der Waals surface area contributed by atoms with Gasteiger partial charge in [0.15, 0.2) is 0 Å². The second-order valence-electron chi connectivity index (χ2n) is 7.89. The number of aryl methyl sites for hydroxylation is 1. The molecule has 8 heteroatoms. The maximum absolute atomic E-state index is 12.7. The zero-order valence-corrected chi connectivity index (χ0v) is 19.8. The highest BCUT2D eigenvalue weighted by atomic mass is 35.5. The normalized spacial score (nSPS) is 14.2. The maximum atomic E-state index is 12.7. The molecular weight excluding hydrogens is 466 g/mol. The Kier molecular flexibility index (Phi) is 7.48. The molecule has 3 aromatic carbocycles. The SMILES string of the molecule is CCc1ccccc1NC(=O)CN1C(=O)N/C(=C/c2ccc(OCc3ccccc3Cl)cc2)C1=O. The Morgan fingerprint density at radius 1 is 1.00 bits per heavy atom. The molecule has 2 N–H and O–H groups in total. The summed E-state index contributed by atoms with van der Waals surface area (Å²) in [5.74, 6) is -0.372. The summed E-state index contributed by atoms with van der Waals surface area (Å²) < 4.78 is 5.77. The number of rotatable bonds is 8. The van der Waals surface area contributed by atoms with Crippen LogP contribution in [-0.2, 0) is 22.6 Å². The van der Waals surface area contributed by atoms with Crippen LogP contribution in [0.4, 0.5) is 10.5 Å². The summed E-state index contributed by atoms with van der Waals surface area (Å²) in [6.45, 7) is 1.93. The molecule has 178 valence electrons. The Bertz CT molecular complexity index is 1290. The minimum atomic E-state index is -0.639. The minimum absolute atomic E-state index is 0.0986. The summed E-state index contributed by atoms with van der Waals surface area (Å²) >= 11 is 6.15. The highest BCUT2D eigenvalue weighted by Gasteiger charge is 2.35. The highest BCUT2D eigenvalue weighted by molar-refractivity contribution is 6.31. The Labute approximate surface area is 208 Å². The number of ether oxygens (including phenoxy) is 1. The molecule has 0 radical (unpaired) electrons. The standard InChI is InChI=1S/C27H24ClN3O4/c1-2-19-7-4-6-10-23(19)29-25(32)16-31-26(33)24(30-27(31)34)15-18-11-13-21(14-12-18)35-17-20-8-3-5-9-22(20)28/h3-15H,2,16-17H2,1H3,(H,29,32)(H,30,34)/b24-15+.